The topological polar surface area (TPSA) is 35.5 Å². The Labute approximate surface area is 215 Å². The number of aryl methyl sites for hydroxylation is 1. The van der Waals surface area contributed by atoms with Crippen molar-refractivity contribution in [1.29, 1.82) is 0 Å². The molecule has 0 saturated heterocycles. The molecule has 0 atom stereocenters. The Morgan fingerprint density at radius 3 is 1.95 bits per heavy atom. The zero-order valence-electron chi connectivity index (χ0n) is 21.0. The van der Waals surface area contributed by atoms with Gasteiger partial charge in [0.2, 0.25) is 0 Å². The van der Waals surface area contributed by atoms with E-state index >= 15 is 0 Å². The number of rotatable bonds is 5. The fourth-order valence-corrected chi connectivity index (χ4v) is 5.45. The smallest absolute Gasteiger partial charge is 0.194 e. The summed E-state index contributed by atoms with van der Waals surface area (Å²) < 4.78 is 11.0. The molecule has 0 unspecified atom stereocenters. The van der Waals surface area contributed by atoms with Crippen LogP contribution in [0.15, 0.2) is 103 Å². The molecule has 37 heavy (non-hydrogen) atoms. The minimum atomic E-state index is -0.0422. The van der Waals surface area contributed by atoms with Crippen molar-refractivity contribution in [3.8, 4) is 22.6 Å². The molecular weight excluding hydrogens is 456 g/mol. The van der Waals surface area contributed by atoms with Crippen molar-refractivity contribution >= 4 is 38.1 Å². The monoisotopic (exact) mass is 482 g/mol. The van der Waals surface area contributed by atoms with E-state index in [1.807, 2.05) is 54.6 Å². The molecule has 0 spiro atoms. The zero-order valence-corrected chi connectivity index (χ0v) is 21.0. The van der Waals surface area contributed by atoms with Crippen molar-refractivity contribution in [2.45, 2.75) is 6.92 Å². The molecule has 0 N–H and O–H groups in total. The third kappa shape index (κ3) is 3.71. The van der Waals surface area contributed by atoms with E-state index in [1.54, 1.807) is 14.2 Å². The fraction of sp³-hybridized carbons (Fsp3) is 0.0882. The van der Waals surface area contributed by atoms with Crippen molar-refractivity contribution in [2.75, 3.05) is 14.2 Å². The summed E-state index contributed by atoms with van der Waals surface area (Å²) in [6, 6.07) is 34.3. The summed E-state index contributed by atoms with van der Waals surface area (Å²) in [4.78, 5) is 14.4. The SMILES string of the molecule is COc1cccc(C(=O)c2c(-c3cccc(OC)c3)c3c4ccccc4c(C)cc3c3ccccc23)c1. The van der Waals surface area contributed by atoms with E-state index in [1.165, 1.54) is 10.9 Å². The molecule has 3 nitrogen and oxygen atoms in total. The molecule has 180 valence electrons. The Bertz CT molecular complexity index is 1830. The number of ketones is 1. The molecular formula is C34H26O3. The maximum absolute atomic E-state index is 14.4. The van der Waals surface area contributed by atoms with Gasteiger partial charge in [-0.15, -0.1) is 0 Å². The van der Waals surface area contributed by atoms with Gasteiger partial charge in [0.1, 0.15) is 11.5 Å². The third-order valence-corrected chi connectivity index (χ3v) is 7.16. The van der Waals surface area contributed by atoms with E-state index in [0.29, 0.717) is 16.9 Å². The lowest BCUT2D eigenvalue weighted by Crippen LogP contribution is -2.06. The molecule has 0 bridgehead atoms. The van der Waals surface area contributed by atoms with Crippen LogP contribution in [0.5, 0.6) is 11.5 Å². The highest BCUT2D eigenvalue weighted by Gasteiger charge is 2.24. The summed E-state index contributed by atoms with van der Waals surface area (Å²) in [5.41, 5.74) is 4.33. The number of hydrogen-bond acceptors (Lipinski definition) is 3. The standard InChI is InChI=1S/C34H26O3/c1-21-18-30-27-15-5-7-17-29(27)33(34(35)23-11-9-13-25(20-23)37-3)31(22-10-8-12-24(19-22)36-2)32(30)28-16-6-4-14-26(21)28/h4-20H,1-3H3. The highest BCUT2D eigenvalue weighted by atomic mass is 16.5. The van der Waals surface area contributed by atoms with E-state index < -0.39 is 0 Å². The summed E-state index contributed by atoms with van der Waals surface area (Å²) in [5.74, 6) is 1.36. The Morgan fingerprint density at radius 1 is 0.595 bits per heavy atom. The van der Waals surface area contributed by atoms with Crippen LogP contribution < -0.4 is 9.47 Å². The first-order valence-corrected chi connectivity index (χ1v) is 12.3. The molecule has 3 heteroatoms. The Hall–Kier alpha value is -4.63. The number of methoxy groups -OCH3 is 2. The van der Waals surface area contributed by atoms with Gasteiger partial charge in [-0.3, -0.25) is 4.79 Å². The van der Waals surface area contributed by atoms with Crippen molar-refractivity contribution in [3.05, 3.63) is 120 Å². The average Bonchev–Trinajstić information content (AvgIpc) is 2.96. The maximum atomic E-state index is 14.4. The predicted molar refractivity (Wildman–Crippen MR) is 152 cm³/mol. The van der Waals surface area contributed by atoms with Gasteiger partial charge in [0.25, 0.3) is 0 Å². The van der Waals surface area contributed by atoms with Crippen LogP contribution in [-0.2, 0) is 0 Å². The van der Waals surface area contributed by atoms with Gasteiger partial charge < -0.3 is 9.47 Å². The van der Waals surface area contributed by atoms with E-state index in [9.17, 15) is 4.79 Å². The van der Waals surface area contributed by atoms with Crippen LogP contribution in [0.3, 0.4) is 0 Å². The predicted octanol–water partition coefficient (Wildman–Crippen LogP) is 8.37. The van der Waals surface area contributed by atoms with Gasteiger partial charge in [0.05, 0.1) is 14.2 Å². The Morgan fingerprint density at radius 2 is 1.22 bits per heavy atom. The number of hydrogen-bond donors (Lipinski definition) is 0. The first kappa shape index (κ1) is 22.8. The lowest BCUT2D eigenvalue weighted by molar-refractivity contribution is 0.104. The van der Waals surface area contributed by atoms with Gasteiger partial charge in [-0.2, -0.15) is 0 Å². The molecule has 0 aliphatic rings. The van der Waals surface area contributed by atoms with Gasteiger partial charge in [0.15, 0.2) is 5.78 Å². The second-order valence-corrected chi connectivity index (χ2v) is 9.25. The molecule has 0 aliphatic carbocycles. The molecule has 6 rings (SSSR count). The van der Waals surface area contributed by atoms with Crippen LogP contribution in [0.2, 0.25) is 0 Å². The van der Waals surface area contributed by atoms with Crippen molar-refractivity contribution < 1.29 is 14.3 Å². The normalized spacial score (nSPS) is 11.2. The minimum Gasteiger partial charge on any atom is -0.497 e. The molecule has 0 fully saturated rings. The molecule has 6 aromatic carbocycles. The Balaban J connectivity index is 1.86. The second kappa shape index (κ2) is 9.11. The number of carbonyl (C=O) groups excluding carboxylic acids is 1. The molecule has 0 heterocycles. The third-order valence-electron chi connectivity index (χ3n) is 7.16. The second-order valence-electron chi connectivity index (χ2n) is 9.25. The number of carbonyl (C=O) groups is 1. The van der Waals surface area contributed by atoms with Crippen molar-refractivity contribution in [3.63, 3.8) is 0 Å². The molecule has 0 saturated carbocycles. The van der Waals surface area contributed by atoms with Crippen LogP contribution in [0.1, 0.15) is 21.5 Å². The highest BCUT2D eigenvalue weighted by Crippen LogP contribution is 2.44. The van der Waals surface area contributed by atoms with Gasteiger partial charge >= 0.3 is 0 Å². The van der Waals surface area contributed by atoms with Crippen LogP contribution >= 0.6 is 0 Å². The molecule has 0 aliphatic heterocycles. The van der Waals surface area contributed by atoms with Crippen LogP contribution in [0.25, 0.3) is 43.4 Å². The molecule has 6 aromatic rings. The summed E-state index contributed by atoms with van der Waals surface area (Å²) in [6.45, 7) is 2.15. The van der Waals surface area contributed by atoms with Gasteiger partial charge in [-0.05, 0) is 74.6 Å². The van der Waals surface area contributed by atoms with Crippen molar-refractivity contribution in [1.82, 2.24) is 0 Å². The van der Waals surface area contributed by atoms with Gasteiger partial charge in [-0.1, -0.05) is 78.9 Å². The number of ether oxygens (including phenoxy) is 2. The number of benzene rings is 6. The van der Waals surface area contributed by atoms with Crippen LogP contribution in [0.4, 0.5) is 0 Å². The van der Waals surface area contributed by atoms with Crippen LogP contribution in [-0.4, -0.2) is 20.0 Å². The summed E-state index contributed by atoms with van der Waals surface area (Å²) in [6.07, 6.45) is 0. The fourth-order valence-electron chi connectivity index (χ4n) is 5.45. The first-order chi connectivity index (χ1) is 18.1. The maximum Gasteiger partial charge on any atom is 0.194 e. The summed E-state index contributed by atoms with van der Waals surface area (Å²) in [7, 11) is 3.28. The van der Waals surface area contributed by atoms with Gasteiger partial charge in [0, 0.05) is 16.7 Å². The van der Waals surface area contributed by atoms with Gasteiger partial charge in [-0.25, -0.2) is 0 Å². The first-order valence-electron chi connectivity index (χ1n) is 12.3. The average molecular weight is 483 g/mol. The highest BCUT2D eigenvalue weighted by molar-refractivity contribution is 6.32. The zero-order chi connectivity index (χ0) is 25.5. The van der Waals surface area contributed by atoms with E-state index in [0.717, 1.165) is 43.8 Å². The van der Waals surface area contributed by atoms with E-state index in [-0.39, 0.29) is 5.78 Å². The minimum absolute atomic E-state index is 0.0422. The molecule has 0 amide bonds. The lowest BCUT2D eigenvalue weighted by Gasteiger charge is -2.20. The quantitative estimate of drug-likeness (QED) is 0.183. The van der Waals surface area contributed by atoms with E-state index in [4.69, 9.17) is 9.47 Å². The Kier molecular flexibility index (Phi) is 5.61. The largest absolute Gasteiger partial charge is 0.497 e. The molecule has 0 radical (unpaired) electrons. The summed E-state index contributed by atoms with van der Waals surface area (Å²) >= 11 is 0. The summed E-state index contributed by atoms with van der Waals surface area (Å²) in [5, 5.41) is 6.49. The lowest BCUT2D eigenvalue weighted by atomic mass is 9.82. The van der Waals surface area contributed by atoms with Crippen molar-refractivity contribution in [2.24, 2.45) is 0 Å². The van der Waals surface area contributed by atoms with Crippen LogP contribution in [0, 0.1) is 6.92 Å². The molecule has 0 aromatic heterocycles. The van der Waals surface area contributed by atoms with E-state index in [2.05, 4.69) is 55.5 Å². The number of fused-ring (bicyclic) bond motifs is 5.